The highest BCUT2D eigenvalue weighted by Gasteiger charge is 2.36. The number of hydrogen-bond acceptors (Lipinski definition) is 7. The fourth-order valence-corrected chi connectivity index (χ4v) is 5.37. The van der Waals surface area contributed by atoms with Gasteiger partial charge in [0.15, 0.2) is 18.2 Å². The Morgan fingerprint density at radius 1 is 1.16 bits per heavy atom. The monoisotopic (exact) mass is 548 g/mol. The van der Waals surface area contributed by atoms with E-state index in [2.05, 4.69) is 19.2 Å². The molecule has 0 spiro atoms. The number of hydrogen-bond donors (Lipinski definition) is 2. The Bertz CT molecular complexity index is 1040. The Hall–Kier alpha value is -2.55. The van der Waals surface area contributed by atoms with Gasteiger partial charge in [0.2, 0.25) is 0 Å². The maximum absolute atomic E-state index is 12.1. The largest absolute Gasteiger partial charge is 0.457 e. The van der Waals surface area contributed by atoms with E-state index in [1.165, 1.54) is 18.3 Å². The van der Waals surface area contributed by atoms with Crippen LogP contribution in [0.5, 0.6) is 0 Å². The summed E-state index contributed by atoms with van der Waals surface area (Å²) < 4.78 is 5.23. The summed E-state index contributed by atoms with van der Waals surface area (Å²) in [6.07, 6.45) is 4.33. The first-order valence-corrected chi connectivity index (χ1v) is 13.9. The van der Waals surface area contributed by atoms with Crippen LogP contribution < -0.4 is 11.1 Å². The van der Waals surface area contributed by atoms with E-state index in [1.54, 1.807) is 35.7 Å². The van der Waals surface area contributed by atoms with E-state index >= 15 is 0 Å². The molecule has 1 amide bonds. The summed E-state index contributed by atoms with van der Waals surface area (Å²) in [5, 5.41) is 4.90. The molecule has 3 N–H and O–H groups in total. The molecule has 0 saturated heterocycles. The lowest BCUT2D eigenvalue weighted by Gasteiger charge is -2.21. The van der Waals surface area contributed by atoms with E-state index in [0.29, 0.717) is 46.7 Å². The molecule has 0 aliphatic heterocycles. The van der Waals surface area contributed by atoms with Crippen LogP contribution in [0.2, 0.25) is 5.02 Å². The van der Waals surface area contributed by atoms with Gasteiger partial charge in [-0.2, -0.15) is 0 Å². The molecule has 1 aromatic carbocycles. The number of ketones is 2. The standard InChI is InChI=1S/C17H22O3.C11H15ClN2O2S/c1-12(2)14-9-6-10-15(14)17(19)20-11-16(18)13-7-4-3-5-8-13;1-7(15)9(3-2-4-13)14-11(16)10-5-8(12)6-17-10/h3-5,7-8,12,14-15H,6,9-11H2,1-2H3;5-6,9H,2-4,13H2,1H3,(H,14,16). The van der Waals surface area contributed by atoms with Crippen LogP contribution in [-0.2, 0) is 14.3 Å². The van der Waals surface area contributed by atoms with Gasteiger partial charge >= 0.3 is 5.97 Å². The fraction of sp³-hybridized carbons (Fsp3) is 0.500. The van der Waals surface area contributed by atoms with Crippen LogP contribution in [-0.4, -0.2) is 42.6 Å². The second kappa shape index (κ2) is 15.6. The van der Waals surface area contributed by atoms with Crippen LogP contribution in [0.4, 0.5) is 0 Å². The van der Waals surface area contributed by atoms with Crippen LogP contribution in [0.1, 0.15) is 72.9 Å². The minimum atomic E-state index is -0.466. The molecule has 1 heterocycles. The number of nitrogens with one attached hydrogen (secondary N) is 1. The number of rotatable bonds is 11. The van der Waals surface area contributed by atoms with Gasteiger partial charge in [0.25, 0.3) is 5.91 Å². The zero-order chi connectivity index (χ0) is 27.4. The van der Waals surface area contributed by atoms with Crippen LogP contribution >= 0.6 is 22.9 Å². The van der Waals surface area contributed by atoms with Crippen molar-refractivity contribution < 1.29 is 23.9 Å². The zero-order valence-electron chi connectivity index (χ0n) is 21.7. The van der Waals surface area contributed by atoms with Crippen molar-refractivity contribution in [3.8, 4) is 0 Å². The number of amides is 1. The van der Waals surface area contributed by atoms with Crippen molar-refractivity contribution in [3.05, 3.63) is 57.2 Å². The Labute approximate surface area is 228 Å². The Morgan fingerprint density at radius 2 is 1.86 bits per heavy atom. The number of esters is 1. The predicted octanol–water partition coefficient (Wildman–Crippen LogP) is 5.31. The molecule has 1 aromatic heterocycles. The molecule has 3 unspecified atom stereocenters. The minimum Gasteiger partial charge on any atom is -0.457 e. The maximum atomic E-state index is 12.1. The van der Waals surface area contributed by atoms with Crippen molar-refractivity contribution in [3.63, 3.8) is 0 Å². The zero-order valence-corrected chi connectivity index (χ0v) is 23.3. The highest BCUT2D eigenvalue weighted by atomic mass is 35.5. The summed E-state index contributed by atoms with van der Waals surface area (Å²) in [6.45, 7) is 6.11. The van der Waals surface area contributed by atoms with Crippen molar-refractivity contribution in [2.75, 3.05) is 13.2 Å². The Kier molecular flexibility index (Phi) is 13.0. The molecule has 1 fully saturated rings. The van der Waals surface area contributed by atoms with E-state index in [0.717, 1.165) is 19.3 Å². The number of carbonyl (C=O) groups is 4. The summed E-state index contributed by atoms with van der Waals surface area (Å²) in [5.41, 5.74) is 5.97. The predicted molar refractivity (Wildman–Crippen MR) is 147 cm³/mol. The van der Waals surface area contributed by atoms with Gasteiger partial charge in [-0.3, -0.25) is 19.2 Å². The van der Waals surface area contributed by atoms with Gasteiger partial charge in [-0.05, 0) is 57.1 Å². The lowest BCUT2D eigenvalue weighted by atomic mass is 9.86. The fourth-order valence-electron chi connectivity index (χ4n) is 4.39. The van der Waals surface area contributed by atoms with Crippen molar-refractivity contribution in [2.45, 2.75) is 58.9 Å². The van der Waals surface area contributed by atoms with Crippen molar-refractivity contribution in [2.24, 2.45) is 23.5 Å². The molecular weight excluding hydrogens is 512 g/mol. The molecule has 3 atom stereocenters. The molecule has 7 nitrogen and oxygen atoms in total. The first-order chi connectivity index (χ1) is 17.6. The molecule has 3 rings (SSSR count). The first kappa shape index (κ1) is 30.7. The molecule has 1 aliphatic carbocycles. The minimum absolute atomic E-state index is 0.0291. The number of nitrogens with two attached hydrogens (primary N) is 1. The molecule has 1 saturated carbocycles. The molecule has 1 aliphatic rings. The summed E-state index contributed by atoms with van der Waals surface area (Å²) >= 11 is 6.99. The number of carbonyl (C=O) groups excluding carboxylic acids is 4. The van der Waals surface area contributed by atoms with Gasteiger partial charge < -0.3 is 15.8 Å². The quantitative estimate of drug-likeness (QED) is 0.290. The van der Waals surface area contributed by atoms with Gasteiger partial charge in [0, 0.05) is 10.9 Å². The third-order valence-corrected chi connectivity index (χ3v) is 7.73. The average molecular weight is 549 g/mol. The molecular formula is C28H37ClN2O5S. The van der Waals surface area contributed by atoms with Crippen LogP contribution in [0.25, 0.3) is 0 Å². The highest BCUT2D eigenvalue weighted by Crippen LogP contribution is 2.37. The van der Waals surface area contributed by atoms with Crippen molar-refractivity contribution >= 4 is 46.4 Å². The lowest BCUT2D eigenvalue weighted by molar-refractivity contribution is -0.149. The second-order valence-corrected chi connectivity index (χ2v) is 10.9. The molecule has 202 valence electrons. The van der Waals surface area contributed by atoms with Gasteiger partial charge in [-0.25, -0.2) is 0 Å². The van der Waals surface area contributed by atoms with Crippen molar-refractivity contribution in [1.29, 1.82) is 0 Å². The molecule has 37 heavy (non-hydrogen) atoms. The number of thiophene rings is 1. The van der Waals surface area contributed by atoms with Crippen LogP contribution in [0.15, 0.2) is 41.8 Å². The topological polar surface area (TPSA) is 116 Å². The van der Waals surface area contributed by atoms with E-state index in [1.807, 2.05) is 6.07 Å². The number of halogens is 1. The Balaban J connectivity index is 0.000000264. The van der Waals surface area contributed by atoms with Gasteiger partial charge in [-0.1, -0.05) is 62.2 Å². The molecule has 0 bridgehead atoms. The normalized spacial score (nSPS) is 17.5. The van der Waals surface area contributed by atoms with E-state index in [9.17, 15) is 19.2 Å². The number of benzene rings is 1. The van der Waals surface area contributed by atoms with Gasteiger partial charge in [0.05, 0.1) is 21.9 Å². The van der Waals surface area contributed by atoms with Crippen LogP contribution in [0, 0.1) is 17.8 Å². The van der Waals surface area contributed by atoms with E-state index < -0.39 is 6.04 Å². The Morgan fingerprint density at radius 3 is 2.43 bits per heavy atom. The summed E-state index contributed by atoms with van der Waals surface area (Å²) in [4.78, 5) is 47.7. The highest BCUT2D eigenvalue weighted by molar-refractivity contribution is 7.12. The van der Waals surface area contributed by atoms with E-state index in [4.69, 9.17) is 22.1 Å². The SMILES string of the molecule is CC(=O)C(CCCN)NC(=O)c1cc(Cl)cs1.CC(C)C1CCCC1C(=O)OCC(=O)c1ccccc1. The first-order valence-electron chi connectivity index (χ1n) is 12.6. The lowest BCUT2D eigenvalue weighted by Crippen LogP contribution is -2.39. The third-order valence-electron chi connectivity index (χ3n) is 6.45. The second-order valence-electron chi connectivity index (χ2n) is 9.54. The number of Topliss-reactive ketones (excluding diaryl/α,β-unsaturated/α-hetero) is 2. The van der Waals surface area contributed by atoms with Crippen molar-refractivity contribution in [1.82, 2.24) is 5.32 Å². The van der Waals surface area contributed by atoms with E-state index in [-0.39, 0.29) is 36.0 Å². The smallest absolute Gasteiger partial charge is 0.309 e. The third kappa shape index (κ3) is 10.0. The van der Waals surface area contributed by atoms with Gasteiger partial charge in [0.1, 0.15) is 0 Å². The molecule has 0 radical (unpaired) electrons. The maximum Gasteiger partial charge on any atom is 0.309 e. The molecule has 9 heteroatoms. The average Bonchev–Trinajstić information content (AvgIpc) is 3.55. The molecule has 2 aromatic rings. The van der Waals surface area contributed by atoms with Gasteiger partial charge in [-0.15, -0.1) is 11.3 Å². The van der Waals surface area contributed by atoms with Crippen LogP contribution in [0.3, 0.4) is 0 Å². The summed E-state index contributed by atoms with van der Waals surface area (Å²) in [7, 11) is 0. The summed E-state index contributed by atoms with van der Waals surface area (Å²) in [5.74, 6) is 0.185. The number of ether oxygens (including phenoxy) is 1. The summed E-state index contributed by atoms with van der Waals surface area (Å²) in [6, 6.07) is 10.1.